The van der Waals surface area contributed by atoms with Gasteiger partial charge >= 0.3 is 5.69 Å². The average molecular weight is 794 g/mol. The standard InChI is InChI=1S/C40H49F2N7O8/c1-40(55)13-3-6-27(40)33-34-24(20-26(35(33)52)36(41)42)21-43-38(46-34)44-25-11-14-48(15-12-25)32(51)22-57-18-17-56-16-4-5-23-7-8-28-30(19-23)47(2)39(54)49(28)29-9-10-31(50)45-37(29)53/h7-8,19-21,25,27,29,33,36,55H,3-6,9-18,22H2,1-2H3,(H,43,44,46)(H,45,50,53)/t27-,29?,33?,40+/m0/s1. The van der Waals surface area contributed by atoms with Crippen LogP contribution < -0.4 is 16.3 Å². The van der Waals surface area contributed by atoms with Gasteiger partial charge in [-0.3, -0.25) is 33.6 Å². The lowest BCUT2D eigenvalue weighted by molar-refractivity contribution is -0.138. The third kappa shape index (κ3) is 8.55. The number of hydrogen-bond acceptors (Lipinski definition) is 11. The second kappa shape index (κ2) is 16.9. The highest BCUT2D eigenvalue weighted by Gasteiger charge is 2.49. The maximum Gasteiger partial charge on any atom is 0.329 e. The summed E-state index contributed by atoms with van der Waals surface area (Å²) in [5.74, 6) is -2.85. The second-order valence-electron chi connectivity index (χ2n) is 15.7. The number of alkyl halides is 2. The summed E-state index contributed by atoms with van der Waals surface area (Å²) in [6, 6.07) is 4.92. The molecule has 17 heteroatoms. The Kier molecular flexibility index (Phi) is 12.0. The van der Waals surface area contributed by atoms with Crippen molar-refractivity contribution in [2.75, 3.05) is 44.8 Å². The molecular weight excluding hydrogens is 744 g/mol. The zero-order chi connectivity index (χ0) is 40.4. The molecule has 2 saturated heterocycles. The van der Waals surface area contributed by atoms with Crippen molar-refractivity contribution in [1.82, 2.24) is 29.3 Å². The Morgan fingerprint density at radius 3 is 2.56 bits per heavy atom. The Balaban J connectivity index is 0.817. The third-order valence-corrected chi connectivity index (χ3v) is 11.9. The number of aromatic nitrogens is 4. The van der Waals surface area contributed by atoms with Crippen LogP contribution in [0.1, 0.15) is 87.1 Å². The van der Waals surface area contributed by atoms with Crippen LogP contribution in [0.2, 0.25) is 0 Å². The first-order valence-electron chi connectivity index (χ1n) is 19.7. The largest absolute Gasteiger partial charge is 0.390 e. The van der Waals surface area contributed by atoms with Crippen molar-refractivity contribution in [3.05, 3.63) is 57.3 Å². The van der Waals surface area contributed by atoms with Crippen LogP contribution in [0.5, 0.6) is 0 Å². The highest BCUT2D eigenvalue weighted by Crippen LogP contribution is 2.48. The number of amides is 3. The number of aryl methyl sites for hydroxylation is 2. The van der Waals surface area contributed by atoms with Gasteiger partial charge in [-0.1, -0.05) is 12.5 Å². The number of fused-ring (bicyclic) bond motifs is 2. The number of piperidine rings is 2. The SMILES string of the molecule is Cn1c(=O)n(C2CCC(=O)NC2=O)c2ccc(CCCOCCOCC(=O)N3CCC(Nc4ncc5c(n4)C([C@@H]4CCC[C@@]4(C)O)C(=O)C(C(F)F)=C5)CC3)cc21. The Labute approximate surface area is 327 Å². The molecular formula is C40H49F2N7O8. The molecule has 2 aromatic heterocycles. The minimum Gasteiger partial charge on any atom is -0.390 e. The van der Waals surface area contributed by atoms with E-state index in [1.165, 1.54) is 15.3 Å². The van der Waals surface area contributed by atoms with Gasteiger partial charge in [-0.05, 0) is 75.6 Å². The van der Waals surface area contributed by atoms with Crippen LogP contribution in [0, 0.1) is 5.92 Å². The molecule has 7 rings (SSSR count). The van der Waals surface area contributed by atoms with Crippen LogP contribution >= 0.6 is 0 Å². The Morgan fingerprint density at radius 1 is 1.07 bits per heavy atom. The van der Waals surface area contributed by atoms with Crippen molar-refractivity contribution in [3.63, 3.8) is 0 Å². The number of benzene rings is 1. The summed E-state index contributed by atoms with van der Waals surface area (Å²) in [6.07, 6.45) is 4.53. The molecule has 3 fully saturated rings. The van der Waals surface area contributed by atoms with Gasteiger partial charge in [0.15, 0.2) is 5.78 Å². The normalized spacial score (nSPS) is 24.2. The minimum atomic E-state index is -2.94. The van der Waals surface area contributed by atoms with Gasteiger partial charge in [-0.2, -0.15) is 0 Å². The maximum atomic E-state index is 13.8. The summed E-state index contributed by atoms with van der Waals surface area (Å²) in [5.41, 5.74) is 1.03. The molecule has 2 aliphatic heterocycles. The first kappa shape index (κ1) is 40.3. The molecule has 4 atom stereocenters. The number of ether oxygens (including phenoxy) is 2. The van der Waals surface area contributed by atoms with Crippen LogP contribution in [-0.4, -0.2) is 110 Å². The number of nitrogens with zero attached hydrogens (tertiary/aromatic N) is 5. The number of halogens is 2. The average Bonchev–Trinajstić information content (AvgIpc) is 3.65. The summed E-state index contributed by atoms with van der Waals surface area (Å²) >= 11 is 0. The fourth-order valence-corrected chi connectivity index (χ4v) is 8.72. The topological polar surface area (TPSA) is 187 Å². The summed E-state index contributed by atoms with van der Waals surface area (Å²) in [5, 5.41) is 16.6. The number of imide groups is 1. The molecule has 57 heavy (non-hydrogen) atoms. The van der Waals surface area contributed by atoms with Crippen LogP contribution in [0.3, 0.4) is 0 Å². The van der Waals surface area contributed by atoms with Gasteiger partial charge in [0.2, 0.25) is 23.7 Å². The molecule has 306 valence electrons. The molecule has 3 aromatic rings. The fraction of sp³-hybridized carbons (Fsp3) is 0.575. The van der Waals surface area contributed by atoms with Gasteiger partial charge in [-0.25, -0.2) is 23.5 Å². The first-order chi connectivity index (χ1) is 27.3. The lowest BCUT2D eigenvalue weighted by Crippen LogP contribution is -2.44. The molecule has 4 aliphatic rings. The van der Waals surface area contributed by atoms with Gasteiger partial charge < -0.3 is 24.8 Å². The van der Waals surface area contributed by atoms with E-state index >= 15 is 0 Å². The summed E-state index contributed by atoms with van der Waals surface area (Å²) < 4.78 is 41.9. The molecule has 0 radical (unpaired) electrons. The first-order valence-corrected chi connectivity index (χ1v) is 19.7. The molecule has 15 nitrogen and oxygen atoms in total. The maximum absolute atomic E-state index is 13.8. The Morgan fingerprint density at radius 2 is 1.84 bits per heavy atom. The number of allylic oxidation sites excluding steroid dienone is 1. The van der Waals surface area contributed by atoms with E-state index in [1.807, 2.05) is 18.2 Å². The number of carbonyl (C=O) groups excluding carboxylic acids is 4. The van der Waals surface area contributed by atoms with Crippen molar-refractivity contribution in [2.45, 2.75) is 94.7 Å². The summed E-state index contributed by atoms with van der Waals surface area (Å²) in [6.45, 7) is 3.64. The lowest BCUT2D eigenvalue weighted by Gasteiger charge is -2.35. The van der Waals surface area contributed by atoms with E-state index in [-0.39, 0.29) is 55.5 Å². The summed E-state index contributed by atoms with van der Waals surface area (Å²) in [4.78, 5) is 73.9. The number of rotatable bonds is 14. The molecule has 0 spiro atoms. The molecule has 3 N–H and O–H groups in total. The number of carbonyl (C=O) groups is 4. The van der Waals surface area contributed by atoms with E-state index in [0.717, 1.165) is 18.1 Å². The van der Waals surface area contributed by atoms with Gasteiger partial charge in [0.1, 0.15) is 12.6 Å². The zero-order valence-corrected chi connectivity index (χ0v) is 32.2. The highest BCUT2D eigenvalue weighted by molar-refractivity contribution is 6.07. The number of aliphatic hydroxyl groups is 1. The Bertz CT molecular complexity index is 2120. The van der Waals surface area contributed by atoms with Crippen LogP contribution in [0.15, 0.2) is 34.8 Å². The number of hydrogen-bond donors (Lipinski definition) is 3. The van der Waals surface area contributed by atoms with E-state index in [1.54, 1.807) is 18.9 Å². The number of likely N-dealkylation sites (tertiary alicyclic amines) is 1. The quantitative estimate of drug-likeness (QED) is 0.161. The molecule has 2 aliphatic carbocycles. The third-order valence-electron chi connectivity index (χ3n) is 11.9. The highest BCUT2D eigenvalue weighted by atomic mass is 19.3. The van der Waals surface area contributed by atoms with Crippen molar-refractivity contribution in [2.24, 2.45) is 13.0 Å². The molecule has 1 saturated carbocycles. The van der Waals surface area contributed by atoms with Gasteiger partial charge in [0.05, 0.1) is 47.0 Å². The minimum absolute atomic E-state index is 0.0475. The number of Topliss-reactive ketones (excluding diaryl/α,β-unsaturated/α-hetero) is 1. The van der Waals surface area contributed by atoms with Gasteiger partial charge in [0, 0.05) is 56.9 Å². The Hall–Kier alpha value is -4.87. The van der Waals surface area contributed by atoms with E-state index in [0.29, 0.717) is 87.1 Å². The van der Waals surface area contributed by atoms with Gasteiger partial charge in [0.25, 0.3) is 6.43 Å². The van der Waals surface area contributed by atoms with E-state index in [2.05, 4.69) is 20.6 Å². The van der Waals surface area contributed by atoms with Crippen LogP contribution in [-0.2, 0) is 42.1 Å². The molecule has 4 heterocycles. The number of imidazole rings is 1. The van der Waals surface area contributed by atoms with Crippen LogP contribution in [0.25, 0.3) is 17.1 Å². The fourth-order valence-electron chi connectivity index (χ4n) is 8.72. The molecule has 3 amide bonds. The van der Waals surface area contributed by atoms with Crippen LogP contribution in [0.4, 0.5) is 14.7 Å². The monoisotopic (exact) mass is 793 g/mol. The molecule has 2 unspecified atom stereocenters. The summed E-state index contributed by atoms with van der Waals surface area (Å²) in [7, 11) is 1.66. The van der Waals surface area contributed by atoms with E-state index < -0.39 is 47.2 Å². The van der Waals surface area contributed by atoms with Crippen molar-refractivity contribution in [1.29, 1.82) is 0 Å². The predicted octanol–water partition coefficient (Wildman–Crippen LogP) is 3.04. The van der Waals surface area contributed by atoms with Crippen molar-refractivity contribution >= 4 is 46.6 Å². The van der Waals surface area contributed by atoms with E-state index in [4.69, 9.17) is 9.47 Å². The predicted molar refractivity (Wildman–Crippen MR) is 204 cm³/mol. The smallest absolute Gasteiger partial charge is 0.329 e. The van der Waals surface area contributed by atoms with E-state index in [9.17, 15) is 37.9 Å². The molecule has 0 bridgehead atoms. The van der Waals surface area contributed by atoms with Gasteiger partial charge in [-0.15, -0.1) is 0 Å². The second-order valence-corrected chi connectivity index (χ2v) is 15.7. The number of nitrogens with one attached hydrogen (secondary N) is 2. The number of ketones is 1. The number of anilines is 1. The van der Waals surface area contributed by atoms with Crippen molar-refractivity contribution < 1.29 is 42.5 Å². The lowest BCUT2D eigenvalue weighted by atomic mass is 9.72. The zero-order valence-electron chi connectivity index (χ0n) is 32.2. The molecule has 1 aromatic carbocycles. The van der Waals surface area contributed by atoms with Crippen molar-refractivity contribution in [3.8, 4) is 0 Å².